The highest BCUT2D eigenvalue weighted by Gasteiger charge is 2.12. The third kappa shape index (κ3) is 2.39. The molecule has 0 unspecified atom stereocenters. The molecule has 0 bridgehead atoms. The van der Waals surface area contributed by atoms with Gasteiger partial charge < -0.3 is 4.84 Å². The average Bonchev–Trinajstić information content (AvgIpc) is 2.87. The molecule has 0 aliphatic rings. The van der Waals surface area contributed by atoms with Gasteiger partial charge in [0.2, 0.25) is 0 Å². The number of imidazole rings is 1. The Kier molecular flexibility index (Phi) is 3.68. The van der Waals surface area contributed by atoms with Crippen LogP contribution in [-0.2, 0) is 0 Å². The Labute approximate surface area is 118 Å². The minimum atomic E-state index is 0.705. The van der Waals surface area contributed by atoms with Crippen molar-refractivity contribution in [2.45, 2.75) is 19.8 Å². The zero-order valence-corrected chi connectivity index (χ0v) is 11.6. The van der Waals surface area contributed by atoms with Gasteiger partial charge in [0.05, 0.1) is 5.52 Å². The Morgan fingerprint density at radius 1 is 1.00 bits per heavy atom. The first-order chi connectivity index (χ1) is 9.90. The van der Waals surface area contributed by atoms with Crippen LogP contribution in [0, 0.1) is 0 Å². The molecule has 1 aromatic heterocycles. The van der Waals surface area contributed by atoms with Crippen molar-refractivity contribution in [3.8, 4) is 11.4 Å². The Hall–Kier alpha value is -2.29. The van der Waals surface area contributed by atoms with Crippen molar-refractivity contribution < 1.29 is 4.84 Å². The number of nitrogens with zero attached hydrogens (tertiary/aromatic N) is 2. The van der Waals surface area contributed by atoms with Crippen LogP contribution in [-0.4, -0.2) is 16.3 Å². The largest absolute Gasteiger partial charge is 0.412 e. The van der Waals surface area contributed by atoms with Gasteiger partial charge in [0.15, 0.2) is 5.82 Å². The van der Waals surface area contributed by atoms with E-state index >= 15 is 0 Å². The lowest BCUT2D eigenvalue weighted by Crippen LogP contribution is -2.13. The molecule has 3 rings (SSSR count). The van der Waals surface area contributed by atoms with Crippen molar-refractivity contribution in [3.05, 3.63) is 54.6 Å². The molecule has 0 aliphatic heterocycles. The number of hydrogen-bond donors (Lipinski definition) is 0. The van der Waals surface area contributed by atoms with Crippen LogP contribution in [0.15, 0.2) is 54.6 Å². The van der Waals surface area contributed by atoms with Gasteiger partial charge in [-0.15, -0.1) is 0 Å². The van der Waals surface area contributed by atoms with E-state index in [9.17, 15) is 0 Å². The predicted octanol–water partition coefficient (Wildman–Crippen LogP) is 3.93. The number of rotatable bonds is 5. The van der Waals surface area contributed by atoms with Crippen LogP contribution >= 0.6 is 0 Å². The van der Waals surface area contributed by atoms with Gasteiger partial charge in [0, 0.05) is 5.56 Å². The highest BCUT2D eigenvalue weighted by atomic mass is 16.7. The van der Waals surface area contributed by atoms with E-state index < -0.39 is 0 Å². The molecule has 1 heterocycles. The Morgan fingerprint density at radius 2 is 1.75 bits per heavy atom. The summed E-state index contributed by atoms with van der Waals surface area (Å²) in [6, 6.07) is 18.2. The maximum Gasteiger partial charge on any atom is 0.176 e. The van der Waals surface area contributed by atoms with E-state index in [1.165, 1.54) is 0 Å². The number of fused-ring (bicyclic) bond motifs is 1. The van der Waals surface area contributed by atoms with Crippen molar-refractivity contribution in [1.82, 2.24) is 9.71 Å². The van der Waals surface area contributed by atoms with E-state index in [-0.39, 0.29) is 0 Å². The Bertz CT molecular complexity index is 689. The molecule has 0 spiro atoms. The minimum absolute atomic E-state index is 0.705. The first-order valence-corrected chi connectivity index (χ1v) is 7.06. The SMILES string of the molecule is CCCCOn1c(-c2ccccc2)nc2ccccc21. The molecule has 0 atom stereocenters. The smallest absolute Gasteiger partial charge is 0.176 e. The fourth-order valence-electron chi connectivity index (χ4n) is 2.20. The summed E-state index contributed by atoms with van der Waals surface area (Å²) in [4.78, 5) is 10.6. The summed E-state index contributed by atoms with van der Waals surface area (Å²) in [5.74, 6) is 0.864. The zero-order valence-electron chi connectivity index (χ0n) is 11.6. The van der Waals surface area contributed by atoms with Gasteiger partial charge in [-0.2, -0.15) is 4.73 Å². The Morgan fingerprint density at radius 3 is 2.55 bits per heavy atom. The van der Waals surface area contributed by atoms with Crippen LogP contribution in [0.5, 0.6) is 0 Å². The molecule has 0 aliphatic carbocycles. The van der Waals surface area contributed by atoms with Gasteiger partial charge in [-0.05, 0) is 18.6 Å². The van der Waals surface area contributed by atoms with Crippen molar-refractivity contribution >= 4 is 11.0 Å². The summed E-state index contributed by atoms with van der Waals surface area (Å²) >= 11 is 0. The highest BCUT2D eigenvalue weighted by Crippen LogP contribution is 2.23. The van der Waals surface area contributed by atoms with Crippen LogP contribution < -0.4 is 4.84 Å². The molecular weight excluding hydrogens is 248 g/mol. The van der Waals surface area contributed by atoms with Gasteiger partial charge in [-0.3, -0.25) is 0 Å². The maximum absolute atomic E-state index is 5.94. The lowest BCUT2D eigenvalue weighted by Gasteiger charge is -2.10. The zero-order chi connectivity index (χ0) is 13.8. The van der Waals surface area contributed by atoms with E-state index in [1.807, 2.05) is 47.2 Å². The quantitative estimate of drug-likeness (QED) is 0.654. The average molecular weight is 266 g/mol. The first kappa shape index (κ1) is 12.7. The number of hydrogen-bond acceptors (Lipinski definition) is 2. The van der Waals surface area contributed by atoms with Crippen molar-refractivity contribution in [3.63, 3.8) is 0 Å². The summed E-state index contributed by atoms with van der Waals surface area (Å²) in [6.45, 7) is 2.87. The van der Waals surface area contributed by atoms with Gasteiger partial charge in [-0.1, -0.05) is 55.8 Å². The molecule has 3 nitrogen and oxygen atoms in total. The van der Waals surface area contributed by atoms with Crippen molar-refractivity contribution in [1.29, 1.82) is 0 Å². The number of para-hydroxylation sites is 2. The normalized spacial score (nSPS) is 10.8. The van der Waals surface area contributed by atoms with E-state index in [1.54, 1.807) is 0 Å². The van der Waals surface area contributed by atoms with Crippen LogP contribution in [0.25, 0.3) is 22.4 Å². The van der Waals surface area contributed by atoms with E-state index in [0.29, 0.717) is 6.61 Å². The second kappa shape index (κ2) is 5.78. The Balaban J connectivity index is 2.08. The summed E-state index contributed by atoms with van der Waals surface area (Å²) in [7, 11) is 0. The number of unbranched alkanes of at least 4 members (excludes halogenated alkanes) is 1. The summed E-state index contributed by atoms with van der Waals surface area (Å²) in [5.41, 5.74) is 3.05. The van der Waals surface area contributed by atoms with Gasteiger partial charge in [-0.25, -0.2) is 4.98 Å². The van der Waals surface area contributed by atoms with E-state index in [4.69, 9.17) is 9.82 Å². The first-order valence-electron chi connectivity index (χ1n) is 7.06. The minimum Gasteiger partial charge on any atom is -0.412 e. The van der Waals surface area contributed by atoms with Crippen LogP contribution in [0.1, 0.15) is 19.8 Å². The maximum atomic E-state index is 5.94. The molecule has 0 fully saturated rings. The number of aromatic nitrogens is 2. The molecule has 0 saturated heterocycles. The summed E-state index contributed by atoms with van der Waals surface area (Å²) < 4.78 is 1.86. The van der Waals surface area contributed by atoms with Crippen LogP contribution in [0.2, 0.25) is 0 Å². The van der Waals surface area contributed by atoms with Gasteiger partial charge >= 0.3 is 0 Å². The summed E-state index contributed by atoms with van der Waals surface area (Å²) in [5, 5.41) is 0. The van der Waals surface area contributed by atoms with E-state index in [2.05, 4.69) is 19.1 Å². The van der Waals surface area contributed by atoms with Gasteiger partial charge in [0.25, 0.3) is 0 Å². The molecule has 0 N–H and O–H groups in total. The molecule has 102 valence electrons. The molecule has 20 heavy (non-hydrogen) atoms. The lowest BCUT2D eigenvalue weighted by atomic mass is 10.2. The highest BCUT2D eigenvalue weighted by molar-refractivity contribution is 5.80. The molecule has 3 aromatic rings. The van der Waals surface area contributed by atoms with Crippen molar-refractivity contribution in [2.75, 3.05) is 6.61 Å². The third-order valence-corrected chi connectivity index (χ3v) is 3.27. The third-order valence-electron chi connectivity index (χ3n) is 3.27. The lowest BCUT2D eigenvalue weighted by molar-refractivity contribution is 0.120. The summed E-state index contributed by atoms with van der Waals surface area (Å²) in [6.07, 6.45) is 2.16. The standard InChI is InChI=1S/C17H18N2O/c1-2-3-13-20-19-16-12-8-7-11-15(16)18-17(19)14-9-5-4-6-10-14/h4-12H,2-3,13H2,1H3. The molecule has 0 saturated carbocycles. The molecular formula is C17H18N2O. The second-order valence-corrected chi connectivity index (χ2v) is 4.77. The second-order valence-electron chi connectivity index (χ2n) is 4.77. The van der Waals surface area contributed by atoms with Crippen molar-refractivity contribution in [2.24, 2.45) is 0 Å². The molecule has 0 amide bonds. The molecule has 0 radical (unpaired) electrons. The fraction of sp³-hybridized carbons (Fsp3) is 0.235. The van der Waals surface area contributed by atoms with Crippen LogP contribution in [0.3, 0.4) is 0 Å². The molecule has 3 heteroatoms. The number of benzene rings is 2. The topological polar surface area (TPSA) is 27.1 Å². The monoisotopic (exact) mass is 266 g/mol. The fourth-order valence-corrected chi connectivity index (χ4v) is 2.20. The van der Waals surface area contributed by atoms with Crippen LogP contribution in [0.4, 0.5) is 0 Å². The van der Waals surface area contributed by atoms with Gasteiger partial charge in [0.1, 0.15) is 12.1 Å². The molecule has 2 aromatic carbocycles. The van der Waals surface area contributed by atoms with E-state index in [0.717, 1.165) is 35.3 Å². The predicted molar refractivity (Wildman–Crippen MR) is 81.5 cm³/mol.